The highest BCUT2D eigenvalue weighted by Gasteiger charge is 2.17. The Morgan fingerprint density at radius 2 is 1.62 bits per heavy atom. The Hall–Kier alpha value is -2.51. The highest BCUT2D eigenvalue weighted by molar-refractivity contribution is 7.98. The van der Waals surface area contributed by atoms with Gasteiger partial charge >= 0.3 is 12.0 Å². The van der Waals surface area contributed by atoms with E-state index in [-0.39, 0.29) is 0 Å². The summed E-state index contributed by atoms with van der Waals surface area (Å²) in [5.74, 6) is -0.591. The first kappa shape index (κ1) is 22.8. The smallest absolute Gasteiger partial charge is 0.338 e. The van der Waals surface area contributed by atoms with Gasteiger partial charge < -0.3 is 10.1 Å². The monoisotopic (exact) mass is 434 g/mol. The average molecular weight is 435 g/mol. The number of halogens is 1. The van der Waals surface area contributed by atoms with Crippen molar-refractivity contribution in [1.29, 1.82) is 0 Å². The van der Waals surface area contributed by atoms with E-state index in [4.69, 9.17) is 16.3 Å². The van der Waals surface area contributed by atoms with Crippen LogP contribution in [0.4, 0.5) is 4.79 Å². The predicted molar refractivity (Wildman–Crippen MR) is 114 cm³/mol. The predicted octanol–water partition coefficient (Wildman–Crippen LogP) is 4.41. The minimum Gasteiger partial charge on any atom is -0.452 e. The molecule has 0 aliphatic carbocycles. The number of imide groups is 1. The van der Waals surface area contributed by atoms with Crippen LogP contribution in [-0.4, -0.2) is 30.1 Å². The fourth-order valence-electron chi connectivity index (χ4n) is 2.18. The molecule has 29 heavy (non-hydrogen) atoms. The lowest BCUT2D eigenvalue weighted by molar-refractivity contribution is -0.123. The number of ether oxygens (including phenoxy) is 1. The molecule has 8 heteroatoms. The largest absolute Gasteiger partial charge is 0.452 e. The molecule has 0 aliphatic heterocycles. The Kier molecular flexibility index (Phi) is 8.10. The summed E-state index contributed by atoms with van der Waals surface area (Å²) in [6.45, 7) is 4.82. The van der Waals surface area contributed by atoms with E-state index < -0.39 is 30.1 Å². The number of esters is 1. The fourth-order valence-corrected chi connectivity index (χ4v) is 3.16. The number of nitrogens with one attached hydrogen (secondary N) is 2. The Labute approximate surface area is 179 Å². The molecule has 0 heterocycles. The molecule has 0 fully saturated rings. The molecule has 0 unspecified atom stereocenters. The second-order valence-corrected chi connectivity index (χ2v) is 8.75. The van der Waals surface area contributed by atoms with E-state index in [1.165, 1.54) is 0 Å². The number of urea groups is 1. The zero-order valence-electron chi connectivity index (χ0n) is 16.5. The van der Waals surface area contributed by atoms with Crippen molar-refractivity contribution in [2.45, 2.75) is 37.0 Å². The normalized spacial score (nSPS) is 10.9. The highest BCUT2D eigenvalue weighted by atomic mass is 35.5. The van der Waals surface area contributed by atoms with Crippen LogP contribution < -0.4 is 10.6 Å². The fraction of sp³-hybridized carbons (Fsp3) is 0.286. The van der Waals surface area contributed by atoms with Crippen LogP contribution in [-0.2, 0) is 15.3 Å². The summed E-state index contributed by atoms with van der Waals surface area (Å²) in [7, 11) is 0. The summed E-state index contributed by atoms with van der Waals surface area (Å²) < 4.78 is 4.95. The number of hydrogen-bond donors (Lipinski definition) is 2. The zero-order chi connectivity index (χ0) is 21.4. The summed E-state index contributed by atoms with van der Waals surface area (Å²) in [5.41, 5.74) is 0.893. The molecule has 2 N–H and O–H groups in total. The van der Waals surface area contributed by atoms with Crippen LogP contribution in [0.25, 0.3) is 0 Å². The van der Waals surface area contributed by atoms with Crippen molar-refractivity contribution < 1.29 is 19.1 Å². The first-order chi connectivity index (χ1) is 13.6. The van der Waals surface area contributed by atoms with Gasteiger partial charge in [-0.1, -0.05) is 23.7 Å². The lowest BCUT2D eigenvalue weighted by Gasteiger charge is -2.20. The van der Waals surface area contributed by atoms with Gasteiger partial charge in [0, 0.05) is 21.2 Å². The van der Waals surface area contributed by atoms with Gasteiger partial charge in [0.05, 0.1) is 5.56 Å². The summed E-state index contributed by atoms with van der Waals surface area (Å²) in [4.78, 5) is 36.5. The number of benzene rings is 2. The molecule has 6 nitrogen and oxygen atoms in total. The lowest BCUT2D eigenvalue weighted by atomic mass is 10.1. The maximum absolute atomic E-state index is 12.1. The van der Waals surface area contributed by atoms with E-state index in [1.807, 2.05) is 36.4 Å². The van der Waals surface area contributed by atoms with Crippen LogP contribution >= 0.6 is 23.4 Å². The molecule has 0 spiro atoms. The van der Waals surface area contributed by atoms with E-state index in [1.54, 1.807) is 44.7 Å². The van der Waals surface area contributed by atoms with Crippen LogP contribution in [0, 0.1) is 0 Å². The van der Waals surface area contributed by atoms with Gasteiger partial charge in [0.1, 0.15) is 0 Å². The third-order valence-electron chi connectivity index (χ3n) is 3.48. The average Bonchev–Trinajstić information content (AvgIpc) is 2.64. The van der Waals surface area contributed by atoms with E-state index in [0.29, 0.717) is 10.6 Å². The third kappa shape index (κ3) is 8.58. The molecule has 0 atom stereocenters. The molecule has 2 aromatic carbocycles. The van der Waals surface area contributed by atoms with Crippen molar-refractivity contribution in [1.82, 2.24) is 10.6 Å². The summed E-state index contributed by atoms with van der Waals surface area (Å²) in [5, 5.41) is 5.39. The molecule has 154 valence electrons. The summed E-state index contributed by atoms with van der Waals surface area (Å²) in [6.07, 6.45) is 0. The maximum atomic E-state index is 12.1. The van der Waals surface area contributed by atoms with E-state index in [9.17, 15) is 14.4 Å². The number of carbonyl (C=O) groups is 3. The van der Waals surface area contributed by atoms with E-state index in [2.05, 4.69) is 10.6 Å². The molecule has 0 aromatic heterocycles. The van der Waals surface area contributed by atoms with Gasteiger partial charge in [-0.15, -0.1) is 11.8 Å². The number of hydrogen-bond acceptors (Lipinski definition) is 5. The van der Waals surface area contributed by atoms with Crippen molar-refractivity contribution >= 4 is 41.3 Å². The van der Waals surface area contributed by atoms with Gasteiger partial charge in [-0.25, -0.2) is 9.59 Å². The van der Waals surface area contributed by atoms with Gasteiger partial charge in [-0.05, 0) is 62.7 Å². The number of rotatable bonds is 6. The van der Waals surface area contributed by atoms with Gasteiger partial charge in [-0.2, -0.15) is 0 Å². The number of amides is 3. The minimum absolute atomic E-state index is 0.331. The van der Waals surface area contributed by atoms with Gasteiger partial charge in [0.25, 0.3) is 5.91 Å². The quantitative estimate of drug-likeness (QED) is 0.519. The first-order valence-corrected chi connectivity index (χ1v) is 10.3. The first-order valence-electron chi connectivity index (χ1n) is 8.89. The van der Waals surface area contributed by atoms with E-state index in [0.717, 1.165) is 16.2 Å². The Bertz CT molecular complexity index is 862. The Morgan fingerprint density at radius 3 is 2.21 bits per heavy atom. The number of carbonyl (C=O) groups excluding carboxylic acids is 3. The molecule has 2 rings (SSSR count). The lowest BCUT2D eigenvalue weighted by Crippen LogP contribution is -2.49. The highest BCUT2D eigenvalue weighted by Crippen LogP contribution is 2.24. The molecule has 0 aliphatic rings. The molecule has 2 aromatic rings. The van der Waals surface area contributed by atoms with Gasteiger partial charge in [0.15, 0.2) is 6.61 Å². The third-order valence-corrected chi connectivity index (χ3v) is 4.82. The zero-order valence-corrected chi connectivity index (χ0v) is 18.0. The second kappa shape index (κ2) is 10.3. The molecule has 0 radical (unpaired) electrons. The van der Waals surface area contributed by atoms with Crippen molar-refractivity contribution in [3.05, 3.63) is 64.7 Å². The van der Waals surface area contributed by atoms with Gasteiger partial charge in [-0.3, -0.25) is 10.1 Å². The Morgan fingerprint density at radius 1 is 1.00 bits per heavy atom. The molecule has 3 amide bonds. The molecule has 0 saturated heterocycles. The van der Waals surface area contributed by atoms with Crippen molar-refractivity contribution in [2.24, 2.45) is 0 Å². The topological polar surface area (TPSA) is 84.5 Å². The molecule has 0 saturated carbocycles. The van der Waals surface area contributed by atoms with Gasteiger partial charge in [0.2, 0.25) is 0 Å². The van der Waals surface area contributed by atoms with Crippen LogP contribution in [0.1, 0.15) is 36.7 Å². The standard InChI is InChI=1S/C21H23ClN2O4S/c1-21(2,3)24-20(27)23-18(25)12-28-19(26)15-6-4-14(5-7-15)13-29-17-10-8-16(22)9-11-17/h4-11H,12-13H2,1-3H3,(H2,23,24,25,27). The molecular formula is C21H23ClN2O4S. The van der Waals surface area contributed by atoms with Crippen molar-refractivity contribution in [3.63, 3.8) is 0 Å². The van der Waals surface area contributed by atoms with Crippen molar-refractivity contribution in [3.8, 4) is 0 Å². The minimum atomic E-state index is -0.698. The van der Waals surface area contributed by atoms with Crippen LogP contribution in [0.3, 0.4) is 0 Å². The van der Waals surface area contributed by atoms with Crippen molar-refractivity contribution in [2.75, 3.05) is 6.61 Å². The molecular weight excluding hydrogens is 412 g/mol. The summed E-state index contributed by atoms with van der Waals surface area (Å²) in [6, 6.07) is 13.9. The van der Waals surface area contributed by atoms with Crippen LogP contribution in [0.15, 0.2) is 53.4 Å². The van der Waals surface area contributed by atoms with Crippen LogP contribution in [0.5, 0.6) is 0 Å². The molecule has 0 bridgehead atoms. The SMILES string of the molecule is CC(C)(C)NC(=O)NC(=O)COC(=O)c1ccc(CSc2ccc(Cl)cc2)cc1. The Balaban J connectivity index is 1.78. The summed E-state index contributed by atoms with van der Waals surface area (Å²) >= 11 is 7.53. The van der Waals surface area contributed by atoms with E-state index >= 15 is 0 Å². The number of thioether (sulfide) groups is 1. The maximum Gasteiger partial charge on any atom is 0.338 e. The second-order valence-electron chi connectivity index (χ2n) is 7.27. The van der Waals surface area contributed by atoms with Crippen LogP contribution in [0.2, 0.25) is 5.02 Å².